The second-order valence-corrected chi connectivity index (χ2v) is 10.2. The molecule has 0 bridgehead atoms. The number of primary amides is 1. The highest BCUT2D eigenvalue weighted by Gasteiger charge is 2.29. The molecule has 3 rings (SSSR count). The van der Waals surface area contributed by atoms with Gasteiger partial charge < -0.3 is 26.0 Å². The quantitative estimate of drug-likeness (QED) is 0.200. The van der Waals surface area contributed by atoms with Crippen LogP contribution in [0.1, 0.15) is 42.9 Å². The molecule has 0 aliphatic carbocycles. The van der Waals surface area contributed by atoms with Crippen molar-refractivity contribution in [3.05, 3.63) is 102 Å². The van der Waals surface area contributed by atoms with Gasteiger partial charge in [-0.05, 0) is 48.6 Å². The van der Waals surface area contributed by atoms with Crippen molar-refractivity contribution in [2.75, 3.05) is 13.1 Å². The highest BCUT2D eigenvalue weighted by Crippen LogP contribution is 2.08. The number of aryl methyl sites for hydroxylation is 1. The van der Waals surface area contributed by atoms with Crippen LogP contribution in [0.2, 0.25) is 0 Å². The maximum Gasteiger partial charge on any atom is 0.308 e. The number of nitrogens with zero attached hydrogens (tertiary/aromatic N) is 2. The van der Waals surface area contributed by atoms with Crippen LogP contribution < -0.4 is 16.4 Å². The Hall–Kier alpha value is -5.06. The Morgan fingerprint density at radius 3 is 2.09 bits per heavy atom. The molecule has 0 spiro atoms. The number of hydrogen-bond acceptors (Lipinski definition) is 7. The lowest BCUT2D eigenvalue weighted by atomic mass is 10.0. The molecule has 0 aliphatic rings. The molecule has 0 radical (unpaired) electrons. The lowest BCUT2D eigenvalue weighted by Crippen LogP contribution is -2.55. The van der Waals surface area contributed by atoms with Crippen LogP contribution in [0.15, 0.2) is 85.2 Å². The number of aromatic nitrogens is 1. The summed E-state index contributed by atoms with van der Waals surface area (Å²) in [6, 6.07) is 19.3. The van der Waals surface area contributed by atoms with Crippen molar-refractivity contribution >= 4 is 29.6 Å². The topological polar surface area (TPSA) is 161 Å². The highest BCUT2D eigenvalue weighted by molar-refractivity contribution is 5.95. The van der Waals surface area contributed by atoms with Crippen molar-refractivity contribution in [3.63, 3.8) is 0 Å². The number of carbonyl (C=O) groups excluding carboxylic acids is 5. The van der Waals surface area contributed by atoms with E-state index in [2.05, 4.69) is 15.6 Å². The summed E-state index contributed by atoms with van der Waals surface area (Å²) in [7, 11) is 0. The van der Waals surface area contributed by atoms with Gasteiger partial charge in [0.1, 0.15) is 18.7 Å². The Labute approximate surface area is 257 Å². The van der Waals surface area contributed by atoms with E-state index < -0.39 is 42.2 Å². The van der Waals surface area contributed by atoms with Gasteiger partial charge in [0.15, 0.2) is 0 Å². The summed E-state index contributed by atoms with van der Waals surface area (Å²) in [5.41, 5.74) is 8.14. The van der Waals surface area contributed by atoms with Gasteiger partial charge in [-0.25, -0.2) is 0 Å². The van der Waals surface area contributed by atoms with Gasteiger partial charge in [0, 0.05) is 31.8 Å². The van der Waals surface area contributed by atoms with Crippen molar-refractivity contribution < 1.29 is 28.7 Å². The lowest BCUT2D eigenvalue weighted by molar-refractivity contribution is -0.147. The fourth-order valence-corrected chi connectivity index (χ4v) is 4.46. The zero-order chi connectivity index (χ0) is 31.7. The number of rotatable bonds is 17. The average molecular weight is 602 g/mol. The molecule has 3 aromatic rings. The van der Waals surface area contributed by atoms with Crippen LogP contribution in [0.25, 0.3) is 0 Å². The SMILES string of the molecule is CCN(CC(=O)N[C@@H](CC(=O)OCc1ccccc1)C(=O)N[C@@H](Cc1ccccc1)C(N)=O)C(=O)CCCc1ccncc1. The smallest absolute Gasteiger partial charge is 0.308 e. The molecule has 44 heavy (non-hydrogen) atoms. The summed E-state index contributed by atoms with van der Waals surface area (Å²) in [6.07, 6.45) is 4.53. The van der Waals surface area contributed by atoms with E-state index >= 15 is 0 Å². The fraction of sp³-hybridized carbons (Fsp3) is 0.333. The predicted octanol–water partition coefficient (Wildman–Crippen LogP) is 2.08. The van der Waals surface area contributed by atoms with E-state index in [0.717, 1.165) is 16.7 Å². The van der Waals surface area contributed by atoms with Crippen molar-refractivity contribution in [2.45, 2.75) is 57.7 Å². The molecule has 0 aliphatic heterocycles. The first-order chi connectivity index (χ1) is 21.2. The van der Waals surface area contributed by atoms with Crippen molar-refractivity contribution in [1.82, 2.24) is 20.5 Å². The van der Waals surface area contributed by atoms with E-state index in [1.807, 2.05) is 24.3 Å². The number of likely N-dealkylation sites (N-methyl/N-ethyl adjacent to an activating group) is 1. The molecule has 0 fully saturated rings. The normalized spacial score (nSPS) is 11.9. The summed E-state index contributed by atoms with van der Waals surface area (Å²) in [4.78, 5) is 69.5. The lowest BCUT2D eigenvalue weighted by Gasteiger charge is -2.24. The average Bonchev–Trinajstić information content (AvgIpc) is 3.03. The van der Waals surface area contributed by atoms with E-state index in [-0.39, 0.29) is 38.4 Å². The number of ether oxygens (including phenoxy) is 1. The summed E-state index contributed by atoms with van der Waals surface area (Å²) in [5.74, 6) is -3.12. The molecule has 2 aromatic carbocycles. The third kappa shape index (κ3) is 11.7. The number of benzene rings is 2. The summed E-state index contributed by atoms with van der Waals surface area (Å²) in [5, 5.41) is 5.11. The van der Waals surface area contributed by atoms with Crippen molar-refractivity contribution in [2.24, 2.45) is 5.73 Å². The second-order valence-electron chi connectivity index (χ2n) is 10.2. The van der Waals surface area contributed by atoms with Gasteiger partial charge >= 0.3 is 5.97 Å². The standard InChI is InChI=1S/C33H39N5O6/c1-2-38(30(40)15-9-14-24-16-18-35-19-17-24)22-29(39)36-28(21-31(41)44-23-26-12-7-4-8-13-26)33(43)37-27(32(34)42)20-25-10-5-3-6-11-25/h3-8,10-13,16-19,27-28H,2,9,14-15,20-23H2,1H3,(H2,34,42)(H,36,39)(H,37,43)/t27-,28-/m0/s1. The van der Waals surface area contributed by atoms with Gasteiger partial charge in [0.05, 0.1) is 13.0 Å². The molecule has 11 heteroatoms. The number of pyridine rings is 1. The van der Waals surface area contributed by atoms with Gasteiger partial charge in [-0.1, -0.05) is 60.7 Å². The summed E-state index contributed by atoms with van der Waals surface area (Å²) < 4.78 is 5.33. The van der Waals surface area contributed by atoms with Crippen LogP contribution in [0.4, 0.5) is 0 Å². The van der Waals surface area contributed by atoms with Crippen LogP contribution in [0.3, 0.4) is 0 Å². The number of carbonyl (C=O) groups is 5. The Morgan fingerprint density at radius 2 is 1.48 bits per heavy atom. The minimum atomic E-state index is -1.37. The monoisotopic (exact) mass is 601 g/mol. The van der Waals surface area contributed by atoms with Crippen LogP contribution in [0.5, 0.6) is 0 Å². The minimum Gasteiger partial charge on any atom is -0.461 e. The molecule has 0 unspecified atom stereocenters. The van der Waals surface area contributed by atoms with Crippen LogP contribution >= 0.6 is 0 Å². The van der Waals surface area contributed by atoms with E-state index in [1.165, 1.54) is 4.90 Å². The molecule has 1 aromatic heterocycles. The molecule has 0 saturated carbocycles. The van der Waals surface area contributed by atoms with Crippen LogP contribution in [0, 0.1) is 0 Å². The third-order valence-electron chi connectivity index (χ3n) is 6.88. The number of nitrogens with one attached hydrogen (secondary N) is 2. The molecule has 11 nitrogen and oxygen atoms in total. The number of esters is 1. The van der Waals surface area contributed by atoms with E-state index in [9.17, 15) is 24.0 Å². The molecular formula is C33H39N5O6. The maximum absolute atomic E-state index is 13.3. The number of amides is 4. The summed E-state index contributed by atoms with van der Waals surface area (Å²) >= 11 is 0. The van der Waals surface area contributed by atoms with Crippen LogP contribution in [-0.4, -0.2) is 64.7 Å². The first-order valence-electron chi connectivity index (χ1n) is 14.5. The third-order valence-corrected chi connectivity index (χ3v) is 6.88. The Bertz CT molecular complexity index is 1370. The largest absolute Gasteiger partial charge is 0.461 e. The molecule has 4 N–H and O–H groups in total. The predicted molar refractivity (Wildman–Crippen MR) is 163 cm³/mol. The molecule has 4 amide bonds. The first-order valence-corrected chi connectivity index (χ1v) is 14.5. The Morgan fingerprint density at radius 1 is 0.841 bits per heavy atom. The van der Waals surface area contributed by atoms with Crippen molar-refractivity contribution in [1.29, 1.82) is 0 Å². The van der Waals surface area contributed by atoms with E-state index in [1.54, 1.807) is 67.8 Å². The first kappa shape index (κ1) is 33.4. The fourth-order valence-electron chi connectivity index (χ4n) is 4.46. The van der Waals surface area contributed by atoms with Crippen LogP contribution in [-0.2, 0) is 48.2 Å². The maximum atomic E-state index is 13.3. The van der Waals surface area contributed by atoms with Gasteiger partial charge in [-0.15, -0.1) is 0 Å². The zero-order valence-corrected chi connectivity index (χ0v) is 24.8. The zero-order valence-electron chi connectivity index (χ0n) is 24.8. The Kier molecular flexibility index (Phi) is 13.5. The molecule has 0 saturated heterocycles. The molecule has 232 valence electrons. The molecule has 1 heterocycles. The van der Waals surface area contributed by atoms with Gasteiger partial charge in [-0.3, -0.25) is 29.0 Å². The Balaban J connectivity index is 1.64. The minimum absolute atomic E-state index is 0.0164. The second kappa shape index (κ2) is 17.8. The molecular weight excluding hydrogens is 562 g/mol. The van der Waals surface area contributed by atoms with E-state index in [4.69, 9.17) is 10.5 Å². The van der Waals surface area contributed by atoms with Crippen molar-refractivity contribution in [3.8, 4) is 0 Å². The van der Waals surface area contributed by atoms with E-state index in [0.29, 0.717) is 12.8 Å². The summed E-state index contributed by atoms with van der Waals surface area (Å²) in [6.45, 7) is 1.70. The highest BCUT2D eigenvalue weighted by atomic mass is 16.5. The van der Waals surface area contributed by atoms with Gasteiger partial charge in [0.2, 0.25) is 23.6 Å². The number of nitrogens with two attached hydrogens (primary N) is 1. The number of hydrogen-bond donors (Lipinski definition) is 3. The van der Waals surface area contributed by atoms with Gasteiger partial charge in [0.25, 0.3) is 0 Å². The molecule has 2 atom stereocenters. The van der Waals surface area contributed by atoms with Gasteiger partial charge in [-0.2, -0.15) is 0 Å².